The minimum absolute atomic E-state index is 0.986. The molecule has 1 fully saturated rings. The molecule has 0 unspecified atom stereocenters. The Labute approximate surface area is 181 Å². The first-order chi connectivity index (χ1) is 15.3. The minimum atomic E-state index is 0.986. The van der Waals surface area contributed by atoms with Crippen molar-refractivity contribution in [1.29, 1.82) is 0 Å². The second-order valence-electron chi connectivity index (χ2n) is 8.49. The van der Waals surface area contributed by atoms with Crippen molar-refractivity contribution in [3.8, 4) is 0 Å². The number of pyridine rings is 1. The fraction of sp³-hybridized carbons (Fsp3) is 0.222. The lowest BCUT2D eigenvalue weighted by atomic mass is 10.1. The van der Waals surface area contributed by atoms with Gasteiger partial charge in [-0.2, -0.15) is 0 Å². The van der Waals surface area contributed by atoms with Crippen molar-refractivity contribution in [1.82, 2.24) is 9.55 Å². The van der Waals surface area contributed by atoms with Crippen LogP contribution in [0.2, 0.25) is 0 Å². The predicted molar refractivity (Wildman–Crippen MR) is 130 cm³/mol. The van der Waals surface area contributed by atoms with Crippen molar-refractivity contribution in [3.05, 3.63) is 78.2 Å². The Balaban J connectivity index is 1.59. The second-order valence-corrected chi connectivity index (χ2v) is 8.49. The lowest BCUT2D eigenvalue weighted by Gasteiger charge is -2.28. The van der Waals surface area contributed by atoms with E-state index in [2.05, 4.69) is 94.3 Å². The van der Waals surface area contributed by atoms with Gasteiger partial charge in [-0.25, -0.2) is 4.99 Å². The van der Waals surface area contributed by atoms with Crippen LogP contribution in [-0.2, 0) is 7.05 Å². The Morgan fingerprint density at radius 3 is 2.29 bits per heavy atom. The summed E-state index contributed by atoms with van der Waals surface area (Å²) in [5, 5.41) is 3.39. The maximum Gasteiger partial charge on any atom is 0.0986 e. The lowest BCUT2D eigenvalue weighted by molar-refractivity contribution is 0.578. The third-order valence-corrected chi connectivity index (χ3v) is 6.58. The topological polar surface area (TPSA) is 36.3 Å². The van der Waals surface area contributed by atoms with Crippen LogP contribution < -0.4 is 10.3 Å². The van der Waals surface area contributed by atoms with Crippen molar-refractivity contribution < 1.29 is 0 Å². The lowest BCUT2D eigenvalue weighted by Crippen LogP contribution is -2.29. The average Bonchev–Trinajstić information content (AvgIpc) is 3.23. The van der Waals surface area contributed by atoms with Gasteiger partial charge in [-0.05, 0) is 55.7 Å². The van der Waals surface area contributed by atoms with Crippen molar-refractivity contribution in [3.63, 3.8) is 0 Å². The van der Waals surface area contributed by atoms with Crippen LogP contribution >= 0.6 is 0 Å². The summed E-state index contributed by atoms with van der Waals surface area (Å²) in [6.07, 6.45) is 3.93. The van der Waals surface area contributed by atoms with Gasteiger partial charge in [0, 0.05) is 42.1 Å². The molecule has 1 saturated heterocycles. The molecular formula is C27H26N4. The van der Waals surface area contributed by atoms with E-state index in [-0.39, 0.29) is 0 Å². The molecule has 0 spiro atoms. The van der Waals surface area contributed by atoms with Crippen LogP contribution in [0.15, 0.2) is 77.8 Å². The summed E-state index contributed by atoms with van der Waals surface area (Å²) in [6.45, 7) is 2.32. The minimum Gasteiger partial charge on any atom is -0.372 e. The van der Waals surface area contributed by atoms with Crippen molar-refractivity contribution in [2.75, 3.05) is 18.0 Å². The highest BCUT2D eigenvalue weighted by Crippen LogP contribution is 2.27. The number of nitrogens with one attached hydrogen (secondary N) is 1. The largest absolute Gasteiger partial charge is 0.372 e. The first kappa shape index (κ1) is 18.3. The molecule has 6 rings (SSSR count). The van der Waals surface area contributed by atoms with E-state index < -0.39 is 0 Å². The maximum absolute atomic E-state index is 5.16. The normalized spacial score (nSPS) is 15.4. The number of nitrogens with zero attached hydrogens (tertiary/aromatic N) is 3. The summed E-state index contributed by atoms with van der Waals surface area (Å²) in [6, 6.07) is 25.8. The van der Waals surface area contributed by atoms with Crippen LogP contribution in [0.3, 0.4) is 0 Å². The Morgan fingerprint density at radius 2 is 1.48 bits per heavy atom. The number of fused-ring (bicyclic) bond motifs is 4. The van der Waals surface area contributed by atoms with E-state index in [1.165, 1.54) is 41.4 Å². The molecule has 4 heteroatoms. The molecule has 1 aliphatic heterocycles. The van der Waals surface area contributed by atoms with Crippen LogP contribution in [0, 0.1) is 0 Å². The molecule has 0 aliphatic carbocycles. The van der Waals surface area contributed by atoms with Crippen molar-refractivity contribution >= 4 is 44.2 Å². The van der Waals surface area contributed by atoms with Gasteiger partial charge >= 0.3 is 0 Å². The third-order valence-electron chi connectivity index (χ3n) is 6.58. The summed E-state index contributed by atoms with van der Waals surface area (Å²) >= 11 is 0. The van der Waals surface area contributed by atoms with E-state index in [0.29, 0.717) is 0 Å². The molecular weight excluding hydrogens is 380 g/mol. The van der Waals surface area contributed by atoms with Crippen LogP contribution in [0.25, 0.3) is 32.8 Å². The molecule has 1 N–H and O–H groups in total. The second kappa shape index (κ2) is 7.31. The standard InChI is InChI=1S/C27H26N4/c1-30-24-12-6-4-10-22(24)25(26-27(30)21-9-3-5-11-23(21)29-26)28-19-13-15-20(16-14-19)31-17-7-2-8-18-31/h3-6,9-16,29H,2,7-8,17-18H2,1H3. The fourth-order valence-corrected chi connectivity index (χ4v) is 5.00. The van der Waals surface area contributed by atoms with Crippen molar-refractivity contribution in [2.45, 2.75) is 19.3 Å². The van der Waals surface area contributed by atoms with E-state index in [0.717, 1.165) is 40.6 Å². The van der Waals surface area contributed by atoms with Gasteiger partial charge < -0.3 is 14.5 Å². The van der Waals surface area contributed by atoms with Gasteiger partial charge in [0.15, 0.2) is 0 Å². The van der Waals surface area contributed by atoms with E-state index >= 15 is 0 Å². The fourth-order valence-electron chi connectivity index (χ4n) is 5.00. The number of rotatable bonds is 2. The first-order valence-corrected chi connectivity index (χ1v) is 11.2. The van der Waals surface area contributed by atoms with Crippen molar-refractivity contribution in [2.24, 2.45) is 12.0 Å². The summed E-state index contributed by atoms with van der Waals surface area (Å²) < 4.78 is 2.28. The Bertz CT molecular complexity index is 1470. The molecule has 0 saturated carbocycles. The number of hydrogen-bond donors (Lipinski definition) is 1. The molecule has 4 nitrogen and oxygen atoms in total. The zero-order valence-corrected chi connectivity index (χ0v) is 17.8. The van der Waals surface area contributed by atoms with Gasteiger partial charge in [-0.1, -0.05) is 36.4 Å². The molecule has 3 heterocycles. The predicted octanol–water partition coefficient (Wildman–Crippen LogP) is 6.04. The van der Waals surface area contributed by atoms with Gasteiger partial charge in [0.2, 0.25) is 0 Å². The Morgan fingerprint density at radius 1 is 0.774 bits per heavy atom. The van der Waals surface area contributed by atoms with Gasteiger partial charge in [0.25, 0.3) is 0 Å². The van der Waals surface area contributed by atoms with Gasteiger partial charge in [-0.15, -0.1) is 0 Å². The maximum atomic E-state index is 5.16. The van der Waals surface area contributed by atoms with Gasteiger partial charge in [0.05, 0.1) is 27.6 Å². The molecule has 3 aromatic carbocycles. The highest BCUT2D eigenvalue weighted by atomic mass is 15.1. The zero-order valence-electron chi connectivity index (χ0n) is 17.8. The summed E-state index contributed by atoms with van der Waals surface area (Å²) in [5.74, 6) is 0. The number of hydrogen-bond acceptors (Lipinski definition) is 2. The first-order valence-electron chi connectivity index (χ1n) is 11.2. The molecule has 5 aromatic rings. The van der Waals surface area contributed by atoms with E-state index in [9.17, 15) is 0 Å². The number of H-pyrrole nitrogens is 1. The Kier molecular flexibility index (Phi) is 4.30. The SMILES string of the molecule is Cn1c2ccccc2c(=Nc2ccc(N3CCCCC3)cc2)c2[nH]c3ccccc3c21. The Hall–Kier alpha value is -3.53. The number of aryl methyl sites for hydroxylation is 1. The molecule has 0 bridgehead atoms. The third kappa shape index (κ3) is 3.02. The van der Waals surface area contributed by atoms with E-state index in [1.807, 2.05) is 0 Å². The average molecular weight is 407 g/mol. The highest BCUT2D eigenvalue weighted by Gasteiger charge is 2.13. The summed E-state index contributed by atoms with van der Waals surface area (Å²) in [4.78, 5) is 11.3. The molecule has 2 aromatic heterocycles. The molecule has 0 amide bonds. The number of piperidine rings is 1. The quantitative estimate of drug-likeness (QED) is 0.381. The number of aromatic nitrogens is 2. The number of anilines is 1. The van der Waals surface area contributed by atoms with Crippen LogP contribution in [0.1, 0.15) is 19.3 Å². The van der Waals surface area contributed by atoms with Gasteiger partial charge in [0.1, 0.15) is 0 Å². The number of aromatic amines is 1. The molecule has 154 valence electrons. The van der Waals surface area contributed by atoms with Crippen LogP contribution in [-0.4, -0.2) is 22.6 Å². The molecule has 0 atom stereocenters. The summed E-state index contributed by atoms with van der Waals surface area (Å²) in [7, 11) is 2.14. The van der Waals surface area contributed by atoms with E-state index in [1.54, 1.807) is 0 Å². The number of benzene rings is 3. The summed E-state index contributed by atoms with van der Waals surface area (Å²) in [5.41, 5.74) is 6.89. The van der Waals surface area contributed by atoms with E-state index in [4.69, 9.17) is 4.99 Å². The molecule has 31 heavy (non-hydrogen) atoms. The highest BCUT2D eigenvalue weighted by molar-refractivity contribution is 6.08. The smallest absolute Gasteiger partial charge is 0.0986 e. The number of para-hydroxylation sites is 2. The van der Waals surface area contributed by atoms with Crippen LogP contribution in [0.4, 0.5) is 11.4 Å². The molecule has 0 radical (unpaired) electrons. The monoisotopic (exact) mass is 406 g/mol. The van der Waals surface area contributed by atoms with Gasteiger partial charge in [-0.3, -0.25) is 0 Å². The molecule has 1 aliphatic rings. The van der Waals surface area contributed by atoms with Crippen LogP contribution in [0.5, 0.6) is 0 Å². The zero-order chi connectivity index (χ0) is 20.8.